The molecule has 1 amide bonds. The summed E-state index contributed by atoms with van der Waals surface area (Å²) in [6.07, 6.45) is 6.35. The van der Waals surface area contributed by atoms with Crippen molar-refractivity contribution < 1.29 is 19.1 Å². The van der Waals surface area contributed by atoms with Crippen LogP contribution in [0.2, 0.25) is 0 Å². The third-order valence-electron chi connectivity index (χ3n) is 7.52. The molecule has 1 aromatic carbocycles. The van der Waals surface area contributed by atoms with Crippen molar-refractivity contribution in [3.63, 3.8) is 0 Å². The molecule has 1 fully saturated rings. The molecule has 28 heavy (non-hydrogen) atoms. The zero-order chi connectivity index (χ0) is 19.9. The molecule has 7 heteroatoms. The van der Waals surface area contributed by atoms with E-state index in [1.54, 1.807) is 12.1 Å². The smallest absolute Gasteiger partial charge is 0.252 e. The molecule has 2 aliphatic heterocycles. The van der Waals surface area contributed by atoms with E-state index in [-0.39, 0.29) is 6.04 Å². The lowest BCUT2D eigenvalue weighted by atomic mass is 9.50. The number of rotatable bonds is 3. The first-order valence-electron chi connectivity index (χ1n) is 9.60. The number of amides is 1. The molecule has 5 atom stereocenters. The van der Waals surface area contributed by atoms with Crippen LogP contribution in [0.1, 0.15) is 27.9 Å². The largest absolute Gasteiger partial charge is 0.482 e. The first-order valence-corrected chi connectivity index (χ1v) is 9.60. The number of quaternary nitrogens is 1. The number of primary amides is 1. The standard InChI is InChI=1S/C21H24N4O3/c1-3-9-25(2)10-8-20-16-12-4-5-13(19(22)26)17(16)28-18(20)14(24-23)6-7-21(20,27)15(25)11-12/h3-7,15,18,27H,1,8-11,23H2,2H3,(H-,22,26)/p+1/t15-,18?,20+,21-,25?/m1/s1. The first kappa shape index (κ1) is 17.5. The molecule has 1 saturated heterocycles. The number of nitrogens with zero attached hydrogens (tertiary/aromatic N) is 2. The molecule has 2 aliphatic carbocycles. The third kappa shape index (κ3) is 1.72. The van der Waals surface area contributed by atoms with Gasteiger partial charge in [0.2, 0.25) is 0 Å². The van der Waals surface area contributed by atoms with Crippen molar-refractivity contribution in [1.29, 1.82) is 0 Å². The highest BCUT2D eigenvalue weighted by molar-refractivity contribution is 6.04. The predicted molar refractivity (Wildman–Crippen MR) is 105 cm³/mol. The second-order valence-electron chi connectivity index (χ2n) is 8.67. The molecule has 7 nitrogen and oxygen atoms in total. The number of hydrazone groups is 1. The van der Waals surface area contributed by atoms with Gasteiger partial charge >= 0.3 is 0 Å². The maximum Gasteiger partial charge on any atom is 0.252 e. The topological polar surface area (TPSA) is 111 Å². The number of likely N-dealkylation sites (N-methyl/N-ethyl adjacent to an activating group) is 1. The Morgan fingerprint density at radius 1 is 1.54 bits per heavy atom. The number of nitrogens with two attached hydrogens (primary N) is 2. The van der Waals surface area contributed by atoms with Gasteiger partial charge in [0, 0.05) is 18.4 Å². The number of hydrogen-bond acceptors (Lipinski definition) is 5. The molecule has 0 radical (unpaired) electrons. The minimum Gasteiger partial charge on any atom is -0.482 e. The second kappa shape index (κ2) is 5.24. The Bertz CT molecular complexity index is 986. The summed E-state index contributed by atoms with van der Waals surface area (Å²) in [5.74, 6) is 5.61. The number of ether oxygens (including phenoxy) is 1. The molecule has 1 aromatic rings. The van der Waals surface area contributed by atoms with Crippen molar-refractivity contribution in [1.82, 2.24) is 0 Å². The lowest BCUT2D eigenvalue weighted by molar-refractivity contribution is -0.942. The summed E-state index contributed by atoms with van der Waals surface area (Å²) in [6, 6.07) is 3.62. The van der Waals surface area contributed by atoms with E-state index in [1.807, 2.05) is 18.2 Å². The molecule has 1 spiro atoms. The molecule has 2 heterocycles. The van der Waals surface area contributed by atoms with E-state index in [9.17, 15) is 9.90 Å². The van der Waals surface area contributed by atoms with Crippen LogP contribution < -0.4 is 16.3 Å². The van der Waals surface area contributed by atoms with Crippen molar-refractivity contribution in [2.45, 2.75) is 36.0 Å². The summed E-state index contributed by atoms with van der Waals surface area (Å²) >= 11 is 0. The Labute approximate surface area is 163 Å². The van der Waals surface area contributed by atoms with Crippen LogP contribution in [0.5, 0.6) is 5.75 Å². The van der Waals surface area contributed by atoms with Gasteiger partial charge in [-0.05, 0) is 29.9 Å². The maximum atomic E-state index is 12.2. The quantitative estimate of drug-likeness (QED) is 0.304. The number of aliphatic hydroxyl groups is 1. The summed E-state index contributed by atoms with van der Waals surface area (Å²) in [6.45, 7) is 5.55. The number of carbonyl (C=O) groups is 1. The number of piperidine rings is 1. The van der Waals surface area contributed by atoms with Gasteiger partial charge in [-0.2, -0.15) is 5.10 Å². The molecule has 146 valence electrons. The average molecular weight is 381 g/mol. The van der Waals surface area contributed by atoms with Crippen LogP contribution in [0.25, 0.3) is 0 Å². The van der Waals surface area contributed by atoms with Gasteiger partial charge in [-0.25, -0.2) is 0 Å². The fraction of sp³-hybridized carbons (Fsp3) is 0.429. The summed E-state index contributed by atoms with van der Waals surface area (Å²) in [4.78, 5) is 12.1. The minimum atomic E-state index is -1.14. The molecule has 5 rings (SSSR count). The highest BCUT2D eigenvalue weighted by Crippen LogP contribution is 2.63. The average Bonchev–Trinajstić information content (AvgIpc) is 3.00. The van der Waals surface area contributed by atoms with Crippen molar-refractivity contribution in [2.75, 3.05) is 20.1 Å². The zero-order valence-electron chi connectivity index (χ0n) is 15.9. The normalized spacial score (nSPS) is 40.7. The van der Waals surface area contributed by atoms with E-state index >= 15 is 0 Å². The van der Waals surface area contributed by atoms with E-state index in [2.05, 4.69) is 18.7 Å². The van der Waals surface area contributed by atoms with Gasteiger partial charge in [-0.3, -0.25) is 4.79 Å². The lowest BCUT2D eigenvalue weighted by Gasteiger charge is -2.63. The SMILES string of the molecule is C=CC[N+]1(C)CC[C@]23c4c5ccc(C(N)=O)c4OC2C(=NN)C=C[C@@]3(O)[C@H]1C5. The monoisotopic (exact) mass is 381 g/mol. The summed E-state index contributed by atoms with van der Waals surface area (Å²) in [7, 11) is 2.17. The van der Waals surface area contributed by atoms with E-state index in [0.29, 0.717) is 34.3 Å². The molecule has 2 unspecified atom stereocenters. The summed E-state index contributed by atoms with van der Waals surface area (Å²) in [5.41, 5.74) is 6.67. The van der Waals surface area contributed by atoms with Crippen molar-refractivity contribution >= 4 is 11.6 Å². The highest BCUT2D eigenvalue weighted by Gasteiger charge is 2.74. The Morgan fingerprint density at radius 3 is 3.00 bits per heavy atom. The van der Waals surface area contributed by atoms with E-state index in [4.69, 9.17) is 16.3 Å². The number of hydrogen-bond donors (Lipinski definition) is 3. The Kier molecular flexibility index (Phi) is 3.27. The van der Waals surface area contributed by atoms with Crippen LogP contribution in [0, 0.1) is 0 Å². The molecule has 0 saturated carbocycles. The van der Waals surface area contributed by atoms with Crippen LogP contribution in [0.3, 0.4) is 0 Å². The molecule has 4 aliphatic rings. The fourth-order valence-corrected chi connectivity index (χ4v) is 6.26. The molecular weight excluding hydrogens is 356 g/mol. The van der Waals surface area contributed by atoms with Crippen LogP contribution >= 0.6 is 0 Å². The summed E-state index contributed by atoms with van der Waals surface area (Å²) < 4.78 is 7.01. The van der Waals surface area contributed by atoms with Gasteiger partial charge in [0.05, 0.1) is 31.1 Å². The van der Waals surface area contributed by atoms with Gasteiger partial charge < -0.3 is 25.9 Å². The van der Waals surface area contributed by atoms with Crippen LogP contribution in [-0.2, 0) is 11.8 Å². The van der Waals surface area contributed by atoms with Crippen molar-refractivity contribution in [3.05, 3.63) is 53.6 Å². The molecule has 5 N–H and O–H groups in total. The second-order valence-corrected chi connectivity index (χ2v) is 8.67. The number of likely N-dealkylation sites (tertiary alicyclic amines) is 1. The van der Waals surface area contributed by atoms with Gasteiger partial charge in [0.25, 0.3) is 5.91 Å². The minimum absolute atomic E-state index is 0.0706. The highest BCUT2D eigenvalue weighted by atomic mass is 16.5. The van der Waals surface area contributed by atoms with Crippen LogP contribution in [0.4, 0.5) is 0 Å². The fourth-order valence-electron chi connectivity index (χ4n) is 6.26. The van der Waals surface area contributed by atoms with Crippen molar-refractivity contribution in [2.24, 2.45) is 16.7 Å². The van der Waals surface area contributed by atoms with E-state index < -0.39 is 23.0 Å². The Hall–Kier alpha value is -2.64. The summed E-state index contributed by atoms with van der Waals surface area (Å²) in [5, 5.41) is 16.1. The van der Waals surface area contributed by atoms with Gasteiger partial charge in [-0.15, -0.1) is 0 Å². The van der Waals surface area contributed by atoms with Crippen LogP contribution in [-0.4, -0.2) is 59.1 Å². The van der Waals surface area contributed by atoms with Crippen LogP contribution in [0.15, 0.2) is 42.0 Å². The molecule has 0 aromatic heterocycles. The number of benzene rings is 1. The zero-order valence-corrected chi connectivity index (χ0v) is 15.9. The lowest BCUT2D eigenvalue weighted by Crippen LogP contribution is -2.79. The first-order chi connectivity index (χ1) is 13.3. The molecule has 2 bridgehead atoms. The Morgan fingerprint density at radius 2 is 2.32 bits per heavy atom. The van der Waals surface area contributed by atoms with Gasteiger partial charge in [0.1, 0.15) is 23.1 Å². The third-order valence-corrected chi connectivity index (χ3v) is 7.52. The maximum absolute atomic E-state index is 12.2. The number of carbonyl (C=O) groups excluding carboxylic acids is 1. The van der Waals surface area contributed by atoms with Gasteiger partial charge in [0.15, 0.2) is 6.10 Å². The van der Waals surface area contributed by atoms with Gasteiger partial charge in [-0.1, -0.05) is 12.6 Å². The van der Waals surface area contributed by atoms with E-state index in [1.165, 1.54) is 0 Å². The Balaban J connectivity index is 1.85. The van der Waals surface area contributed by atoms with Crippen molar-refractivity contribution in [3.8, 4) is 5.75 Å². The van der Waals surface area contributed by atoms with E-state index in [0.717, 1.165) is 24.2 Å². The predicted octanol–water partition coefficient (Wildman–Crippen LogP) is 0.361. The molecular formula is C21H25N4O3+.